The molecule has 0 nitrogen and oxygen atoms in total. The van der Waals surface area contributed by atoms with Crippen molar-refractivity contribution in [2.75, 3.05) is 6.67 Å². The summed E-state index contributed by atoms with van der Waals surface area (Å²) < 4.78 is 12.4. The van der Waals surface area contributed by atoms with Crippen LogP contribution in [0.5, 0.6) is 0 Å². The quantitative estimate of drug-likeness (QED) is 0.260. The van der Waals surface area contributed by atoms with Crippen molar-refractivity contribution < 1.29 is 4.39 Å². The monoisotopic (exact) mass is 482 g/mol. The van der Waals surface area contributed by atoms with Crippen LogP contribution in [0.1, 0.15) is 134 Å². The highest BCUT2D eigenvalue weighted by molar-refractivity contribution is 5.22. The van der Waals surface area contributed by atoms with Crippen molar-refractivity contribution in [3.63, 3.8) is 0 Å². The number of hydrogen-bond acceptors (Lipinski definition) is 0. The molecule has 1 heteroatoms. The summed E-state index contributed by atoms with van der Waals surface area (Å²) in [6.07, 6.45) is 28.3. The van der Waals surface area contributed by atoms with Gasteiger partial charge in [-0.15, -0.1) is 0 Å². The van der Waals surface area contributed by atoms with Crippen LogP contribution in [-0.2, 0) is 12.8 Å². The molecule has 0 bridgehead atoms. The first-order chi connectivity index (χ1) is 17.2. The van der Waals surface area contributed by atoms with Gasteiger partial charge in [0.2, 0.25) is 0 Å². The Morgan fingerprint density at radius 1 is 0.543 bits per heavy atom. The average molecular weight is 483 g/mol. The lowest BCUT2D eigenvalue weighted by Crippen LogP contribution is -2.29. The van der Waals surface area contributed by atoms with Gasteiger partial charge in [-0.2, -0.15) is 0 Å². The van der Waals surface area contributed by atoms with Crippen LogP contribution in [0, 0.1) is 35.5 Å². The molecule has 0 aliphatic heterocycles. The number of hydrogen-bond donors (Lipinski definition) is 0. The molecular weight excluding hydrogens is 427 g/mol. The molecule has 0 radical (unpaired) electrons. The molecule has 0 aromatic heterocycles. The first-order valence-corrected chi connectivity index (χ1v) is 15.9. The Bertz CT molecular complexity index is 669. The molecule has 1 aromatic carbocycles. The van der Waals surface area contributed by atoms with Gasteiger partial charge in [0.25, 0.3) is 0 Å². The molecule has 3 aliphatic carbocycles. The van der Waals surface area contributed by atoms with Gasteiger partial charge in [0.1, 0.15) is 0 Å². The first-order valence-electron chi connectivity index (χ1n) is 15.9. The third-order valence-electron chi connectivity index (χ3n) is 10.6. The zero-order chi connectivity index (χ0) is 24.3. The second-order valence-electron chi connectivity index (χ2n) is 12.9. The molecule has 0 unspecified atom stereocenters. The highest BCUT2D eigenvalue weighted by Crippen LogP contribution is 2.46. The van der Waals surface area contributed by atoms with E-state index >= 15 is 0 Å². The van der Waals surface area contributed by atoms with E-state index in [2.05, 4.69) is 31.2 Å². The van der Waals surface area contributed by atoms with Crippen molar-refractivity contribution in [3.05, 3.63) is 35.4 Å². The van der Waals surface area contributed by atoms with Crippen LogP contribution >= 0.6 is 0 Å². The van der Waals surface area contributed by atoms with E-state index in [9.17, 15) is 4.39 Å². The Balaban J connectivity index is 1.09. The summed E-state index contributed by atoms with van der Waals surface area (Å²) in [5.41, 5.74) is 2.76. The topological polar surface area (TPSA) is 0 Å². The number of benzene rings is 1. The Labute approximate surface area is 217 Å². The fourth-order valence-corrected chi connectivity index (χ4v) is 8.18. The Hall–Kier alpha value is -0.850. The maximum Gasteiger partial charge on any atom is 0.0897 e. The number of aryl methyl sites for hydroxylation is 2. The van der Waals surface area contributed by atoms with Crippen LogP contribution in [0.3, 0.4) is 0 Å². The van der Waals surface area contributed by atoms with Gasteiger partial charge in [0.05, 0.1) is 6.67 Å². The van der Waals surface area contributed by atoms with Gasteiger partial charge in [0.15, 0.2) is 0 Å². The van der Waals surface area contributed by atoms with Crippen LogP contribution in [0.25, 0.3) is 0 Å². The predicted molar refractivity (Wildman–Crippen MR) is 150 cm³/mol. The van der Waals surface area contributed by atoms with E-state index in [4.69, 9.17) is 0 Å². The van der Waals surface area contributed by atoms with Crippen molar-refractivity contribution in [2.45, 2.75) is 135 Å². The van der Waals surface area contributed by atoms with E-state index in [0.29, 0.717) is 6.42 Å². The Morgan fingerprint density at radius 2 is 0.971 bits per heavy atom. The van der Waals surface area contributed by atoms with Crippen molar-refractivity contribution in [1.82, 2.24) is 0 Å². The molecule has 4 rings (SSSR count). The van der Waals surface area contributed by atoms with E-state index in [1.165, 1.54) is 75.3 Å². The predicted octanol–water partition coefficient (Wildman–Crippen LogP) is 10.5. The fourth-order valence-electron chi connectivity index (χ4n) is 8.18. The minimum Gasteiger partial charge on any atom is -0.251 e. The molecule has 198 valence electrons. The van der Waals surface area contributed by atoms with Crippen LogP contribution < -0.4 is 0 Å². The highest BCUT2D eigenvalue weighted by atomic mass is 19.1. The summed E-state index contributed by atoms with van der Waals surface area (Å²) in [5, 5.41) is 0. The van der Waals surface area contributed by atoms with Crippen molar-refractivity contribution in [3.8, 4) is 0 Å². The van der Waals surface area contributed by atoms with Gasteiger partial charge in [-0.05, 0) is 124 Å². The number of rotatable bonds is 12. The molecule has 3 saturated carbocycles. The molecular formula is C34H55F. The minimum atomic E-state index is -0.202. The molecule has 35 heavy (non-hydrogen) atoms. The van der Waals surface area contributed by atoms with Crippen molar-refractivity contribution in [2.24, 2.45) is 35.5 Å². The molecule has 3 aliphatic rings. The van der Waals surface area contributed by atoms with Crippen LogP contribution in [-0.4, -0.2) is 6.67 Å². The van der Waals surface area contributed by atoms with Crippen LogP contribution in [0.15, 0.2) is 24.3 Å². The second-order valence-corrected chi connectivity index (χ2v) is 12.9. The highest BCUT2D eigenvalue weighted by Gasteiger charge is 2.34. The smallest absolute Gasteiger partial charge is 0.0897 e. The first kappa shape index (κ1) is 27.2. The van der Waals surface area contributed by atoms with Gasteiger partial charge in [0, 0.05) is 0 Å². The number of halogens is 1. The molecule has 3 fully saturated rings. The van der Waals surface area contributed by atoms with E-state index in [1.54, 1.807) is 51.4 Å². The van der Waals surface area contributed by atoms with E-state index < -0.39 is 0 Å². The lowest BCUT2D eigenvalue weighted by Gasteiger charge is -2.41. The van der Waals surface area contributed by atoms with Crippen LogP contribution in [0.4, 0.5) is 4.39 Å². The standard InChI is InChI=1S/C34H55F/c1-2-3-4-6-27-14-18-31(19-15-27)33-22-24-34(25-23-33)32-20-16-30(17-21-32)13-12-29-10-8-28(9-11-29)7-5-26-35/h8-11,27,30-34H,2-7,12-26H2,1H3/t27-,30-,31-,32-,33-,34-. The number of alkyl halides is 1. The third-order valence-corrected chi connectivity index (χ3v) is 10.6. The molecule has 1 aromatic rings. The average Bonchev–Trinajstić information content (AvgIpc) is 2.92. The van der Waals surface area contributed by atoms with Gasteiger partial charge in [-0.25, -0.2) is 0 Å². The molecule has 0 N–H and O–H groups in total. The summed E-state index contributed by atoms with van der Waals surface area (Å²) in [7, 11) is 0. The Kier molecular flexibility index (Phi) is 11.5. The molecule has 0 amide bonds. The maximum atomic E-state index is 12.4. The van der Waals surface area contributed by atoms with E-state index in [0.717, 1.165) is 41.9 Å². The molecule has 0 atom stereocenters. The molecule has 0 spiro atoms. The Morgan fingerprint density at radius 3 is 1.43 bits per heavy atom. The largest absolute Gasteiger partial charge is 0.251 e. The second kappa shape index (κ2) is 14.8. The summed E-state index contributed by atoms with van der Waals surface area (Å²) in [4.78, 5) is 0. The molecule has 0 saturated heterocycles. The van der Waals surface area contributed by atoms with Gasteiger partial charge in [-0.3, -0.25) is 4.39 Å². The van der Waals surface area contributed by atoms with Gasteiger partial charge < -0.3 is 0 Å². The minimum absolute atomic E-state index is 0.202. The van der Waals surface area contributed by atoms with Gasteiger partial charge in [-0.1, -0.05) is 82.6 Å². The van der Waals surface area contributed by atoms with Crippen molar-refractivity contribution >= 4 is 0 Å². The zero-order valence-electron chi connectivity index (χ0n) is 23.0. The lowest BCUT2D eigenvalue weighted by molar-refractivity contribution is 0.102. The van der Waals surface area contributed by atoms with Crippen molar-refractivity contribution in [1.29, 1.82) is 0 Å². The lowest BCUT2D eigenvalue weighted by atomic mass is 9.64. The van der Waals surface area contributed by atoms with E-state index in [1.807, 2.05) is 0 Å². The summed E-state index contributed by atoms with van der Waals surface area (Å²) in [5.74, 6) is 6.25. The number of unbranched alkanes of at least 4 members (excludes halogenated alkanes) is 2. The summed E-state index contributed by atoms with van der Waals surface area (Å²) in [6, 6.07) is 9.02. The fraction of sp³-hybridized carbons (Fsp3) is 0.824. The van der Waals surface area contributed by atoms with Gasteiger partial charge >= 0.3 is 0 Å². The normalized spacial score (nSPS) is 31.9. The summed E-state index contributed by atoms with van der Waals surface area (Å²) >= 11 is 0. The maximum absolute atomic E-state index is 12.4. The SMILES string of the molecule is CCCCC[C@H]1CC[C@H]([C@H]2CC[C@H]([C@H]3CC[C@H](CCc4ccc(CCCF)cc4)CC3)CC2)CC1. The molecule has 0 heterocycles. The third kappa shape index (κ3) is 8.60. The van der Waals surface area contributed by atoms with E-state index in [-0.39, 0.29) is 6.67 Å². The zero-order valence-corrected chi connectivity index (χ0v) is 23.0. The van der Waals surface area contributed by atoms with Crippen LogP contribution in [0.2, 0.25) is 0 Å². The summed E-state index contributed by atoms with van der Waals surface area (Å²) in [6.45, 7) is 2.13.